The molecule has 4 atom stereocenters. The minimum atomic E-state index is -0.187. The first kappa shape index (κ1) is 19.6. The molecule has 0 aliphatic heterocycles. The molecule has 1 aromatic carbocycles. The molecule has 0 N–H and O–H groups in total. The summed E-state index contributed by atoms with van der Waals surface area (Å²) in [6, 6.07) is 10.7. The lowest BCUT2D eigenvalue weighted by atomic mass is 9.79. The van der Waals surface area contributed by atoms with Crippen LogP contribution < -0.4 is 0 Å². The highest BCUT2D eigenvalue weighted by Crippen LogP contribution is 2.31. The van der Waals surface area contributed by atoms with Gasteiger partial charge in [0, 0.05) is 22.3 Å². The minimum Gasteiger partial charge on any atom is -0.198 e. The third-order valence-electron chi connectivity index (χ3n) is 4.14. The fraction of sp³-hybridized carbons (Fsp3) is 0.350. The van der Waals surface area contributed by atoms with E-state index in [2.05, 4.69) is 79.2 Å². The summed E-state index contributed by atoms with van der Waals surface area (Å²) in [5.41, 5.74) is 1.25. The predicted molar refractivity (Wildman–Crippen MR) is 109 cm³/mol. The van der Waals surface area contributed by atoms with Crippen LogP contribution in [0.2, 0.25) is 0 Å². The quantitative estimate of drug-likeness (QED) is 0.373. The number of hydrogen-bond donors (Lipinski definition) is 1. The number of allylic oxidation sites excluding steroid dienone is 4. The highest BCUT2D eigenvalue weighted by atomic mass is 32.2. The summed E-state index contributed by atoms with van der Waals surface area (Å²) < 4.78 is 0. The first-order valence-electron chi connectivity index (χ1n) is 8.27. The van der Waals surface area contributed by atoms with Gasteiger partial charge in [-0.25, -0.2) is 0 Å². The summed E-state index contributed by atoms with van der Waals surface area (Å²) in [6.07, 6.45) is 11.7. The van der Waals surface area contributed by atoms with Gasteiger partial charge in [-0.3, -0.25) is 0 Å². The minimum absolute atomic E-state index is 0.169. The Balaban J connectivity index is 1.81. The van der Waals surface area contributed by atoms with Crippen LogP contribution in [-0.2, 0) is 0 Å². The number of aryl methyl sites for hydroxylation is 1. The van der Waals surface area contributed by atoms with E-state index in [0.717, 1.165) is 0 Å². The molecule has 0 radical (unpaired) electrons. The molecule has 0 saturated carbocycles. The van der Waals surface area contributed by atoms with E-state index in [1.54, 1.807) is 18.0 Å². The van der Waals surface area contributed by atoms with Crippen molar-refractivity contribution in [1.82, 2.24) is 0 Å². The first-order valence-corrected chi connectivity index (χ1v) is 9.77. The van der Waals surface area contributed by atoms with Crippen LogP contribution in [0.4, 0.5) is 0 Å². The molecular weight excluding hydrogens is 346 g/mol. The Labute approximate surface area is 160 Å². The zero-order chi connectivity index (χ0) is 18.1. The maximum Gasteiger partial charge on any atom is 0.110 e. The summed E-state index contributed by atoms with van der Waals surface area (Å²) in [5.74, 6) is 0.897. The first-order chi connectivity index (χ1) is 12.1. The Morgan fingerprint density at radius 1 is 1.28 bits per heavy atom. The van der Waals surface area contributed by atoms with Crippen molar-refractivity contribution in [2.24, 2.45) is 28.0 Å². The monoisotopic (exact) mass is 369 g/mol. The summed E-state index contributed by atoms with van der Waals surface area (Å²) in [6.45, 7) is 4.20. The van der Waals surface area contributed by atoms with Crippen LogP contribution in [0.3, 0.4) is 0 Å². The van der Waals surface area contributed by atoms with E-state index in [1.807, 2.05) is 18.2 Å². The Morgan fingerprint density at radius 3 is 2.68 bits per heavy atom. The van der Waals surface area contributed by atoms with Crippen LogP contribution in [-0.4, -0.2) is 11.1 Å². The summed E-state index contributed by atoms with van der Waals surface area (Å²) in [5, 5.41) is 17.5. The van der Waals surface area contributed by atoms with E-state index >= 15 is 0 Å². The second-order valence-electron chi connectivity index (χ2n) is 6.04. The molecule has 0 fully saturated rings. The standard InChI is InChI=1S/C20H23N3S2/c1-15-7-9-17(10-8-15)25-14-23-22-12-11-20(24)19(13-21)18-6-4-3-5-16(18)2/h3-12,16,18-20,24H,14H2,1-2H3/b12-11-,23-22?. The van der Waals surface area contributed by atoms with Crippen LogP contribution in [0.1, 0.15) is 12.5 Å². The zero-order valence-corrected chi connectivity index (χ0v) is 16.2. The molecule has 5 heteroatoms. The van der Waals surface area contributed by atoms with Gasteiger partial charge in [-0.05, 0) is 25.0 Å². The van der Waals surface area contributed by atoms with E-state index in [-0.39, 0.29) is 17.1 Å². The fourth-order valence-electron chi connectivity index (χ4n) is 2.64. The molecule has 0 bridgehead atoms. The second kappa shape index (κ2) is 10.3. The molecule has 130 valence electrons. The Morgan fingerprint density at radius 2 is 2.00 bits per heavy atom. The van der Waals surface area contributed by atoms with Gasteiger partial charge in [0.15, 0.2) is 0 Å². The molecular formula is C20H23N3S2. The second-order valence-corrected chi connectivity index (χ2v) is 7.65. The smallest absolute Gasteiger partial charge is 0.110 e. The molecule has 25 heavy (non-hydrogen) atoms. The fourth-order valence-corrected chi connectivity index (χ4v) is 3.58. The van der Waals surface area contributed by atoms with Crippen LogP contribution in [0.25, 0.3) is 0 Å². The van der Waals surface area contributed by atoms with Crippen molar-refractivity contribution in [3.05, 3.63) is 66.4 Å². The van der Waals surface area contributed by atoms with Gasteiger partial charge in [0.2, 0.25) is 0 Å². The lowest BCUT2D eigenvalue weighted by molar-refractivity contribution is 0.406. The summed E-state index contributed by atoms with van der Waals surface area (Å²) >= 11 is 6.21. The number of rotatable bonds is 7. The number of thiol groups is 1. The lowest BCUT2D eigenvalue weighted by Gasteiger charge is -2.27. The van der Waals surface area contributed by atoms with Crippen molar-refractivity contribution in [2.75, 3.05) is 5.88 Å². The predicted octanol–water partition coefficient (Wildman–Crippen LogP) is 5.83. The van der Waals surface area contributed by atoms with Gasteiger partial charge in [0.1, 0.15) is 5.88 Å². The zero-order valence-electron chi connectivity index (χ0n) is 14.5. The Hall–Kier alpha value is -1.77. The molecule has 0 spiro atoms. The van der Waals surface area contributed by atoms with Gasteiger partial charge < -0.3 is 0 Å². The van der Waals surface area contributed by atoms with E-state index < -0.39 is 0 Å². The van der Waals surface area contributed by atoms with Gasteiger partial charge in [-0.1, -0.05) is 55.0 Å². The number of benzene rings is 1. The maximum atomic E-state index is 9.50. The third-order valence-corrected chi connectivity index (χ3v) is 5.48. The van der Waals surface area contributed by atoms with Crippen molar-refractivity contribution in [3.63, 3.8) is 0 Å². The highest BCUT2D eigenvalue weighted by Gasteiger charge is 2.28. The Bertz CT molecular complexity index is 699. The number of thioether (sulfide) groups is 1. The summed E-state index contributed by atoms with van der Waals surface area (Å²) in [4.78, 5) is 1.18. The van der Waals surface area contributed by atoms with Crippen LogP contribution in [0, 0.1) is 36.0 Å². The van der Waals surface area contributed by atoms with Gasteiger partial charge >= 0.3 is 0 Å². The summed E-state index contributed by atoms with van der Waals surface area (Å²) in [7, 11) is 0. The normalized spacial score (nSPS) is 22.3. The van der Waals surface area contributed by atoms with Gasteiger partial charge in [-0.15, -0.1) is 11.8 Å². The topological polar surface area (TPSA) is 48.5 Å². The average molecular weight is 370 g/mol. The molecule has 1 aliphatic rings. The number of nitriles is 1. The molecule has 0 saturated heterocycles. The van der Waals surface area contributed by atoms with Crippen LogP contribution >= 0.6 is 24.4 Å². The van der Waals surface area contributed by atoms with E-state index in [9.17, 15) is 5.26 Å². The molecule has 0 amide bonds. The van der Waals surface area contributed by atoms with Crippen LogP contribution in [0.5, 0.6) is 0 Å². The van der Waals surface area contributed by atoms with E-state index in [0.29, 0.717) is 11.8 Å². The molecule has 3 nitrogen and oxygen atoms in total. The van der Waals surface area contributed by atoms with Crippen molar-refractivity contribution in [3.8, 4) is 6.07 Å². The van der Waals surface area contributed by atoms with Crippen molar-refractivity contribution < 1.29 is 0 Å². The van der Waals surface area contributed by atoms with Gasteiger partial charge in [0.05, 0.1) is 12.0 Å². The molecule has 2 rings (SSSR count). The maximum absolute atomic E-state index is 9.50. The molecule has 0 heterocycles. The molecule has 0 aromatic heterocycles. The lowest BCUT2D eigenvalue weighted by Crippen LogP contribution is -2.25. The molecule has 1 aromatic rings. The van der Waals surface area contributed by atoms with Crippen LogP contribution in [0.15, 0.2) is 76.0 Å². The SMILES string of the molecule is Cc1ccc(SCN=N/C=C\C(S)C(C#N)C2C=CC=CC2C)cc1. The number of azo groups is 1. The van der Waals surface area contributed by atoms with E-state index in [1.165, 1.54) is 10.5 Å². The van der Waals surface area contributed by atoms with Gasteiger partial charge in [-0.2, -0.15) is 28.1 Å². The molecule has 4 unspecified atom stereocenters. The highest BCUT2D eigenvalue weighted by molar-refractivity contribution is 7.99. The van der Waals surface area contributed by atoms with Crippen molar-refractivity contribution >= 4 is 24.4 Å². The van der Waals surface area contributed by atoms with E-state index in [4.69, 9.17) is 0 Å². The third kappa shape index (κ3) is 6.22. The average Bonchev–Trinajstić information content (AvgIpc) is 2.62. The number of hydrogen-bond acceptors (Lipinski definition) is 5. The molecule has 1 aliphatic carbocycles. The van der Waals surface area contributed by atoms with Gasteiger partial charge in [0.25, 0.3) is 0 Å². The Kier molecular flexibility index (Phi) is 8.03. The largest absolute Gasteiger partial charge is 0.198 e. The van der Waals surface area contributed by atoms with Crippen molar-refractivity contribution in [2.45, 2.75) is 24.0 Å². The van der Waals surface area contributed by atoms with Crippen molar-refractivity contribution in [1.29, 1.82) is 5.26 Å². The number of nitrogens with zero attached hydrogens (tertiary/aromatic N) is 3.